The Morgan fingerprint density at radius 3 is 2.88 bits per heavy atom. The predicted molar refractivity (Wildman–Crippen MR) is 64.6 cm³/mol. The van der Waals surface area contributed by atoms with E-state index in [0.29, 0.717) is 5.16 Å². The highest BCUT2D eigenvalue weighted by molar-refractivity contribution is 9.10. The van der Waals surface area contributed by atoms with Crippen LogP contribution in [-0.4, -0.2) is 19.7 Å². The van der Waals surface area contributed by atoms with Crippen LogP contribution in [0.15, 0.2) is 31.7 Å². The van der Waals surface area contributed by atoms with E-state index in [-0.39, 0.29) is 5.69 Å². The number of hydrogen-bond acceptors (Lipinski definition) is 4. The molecule has 0 saturated carbocycles. The van der Waals surface area contributed by atoms with Gasteiger partial charge in [0.05, 0.1) is 4.47 Å². The monoisotopic (exact) mass is 300 g/mol. The van der Waals surface area contributed by atoms with Crippen LogP contribution in [0, 0.1) is 6.92 Å². The lowest BCUT2D eigenvalue weighted by molar-refractivity contribution is 0.764. The maximum absolute atomic E-state index is 11.2. The van der Waals surface area contributed by atoms with Crippen LogP contribution in [0.25, 0.3) is 0 Å². The van der Waals surface area contributed by atoms with Gasteiger partial charge in [0.1, 0.15) is 5.03 Å². The Morgan fingerprint density at radius 1 is 1.56 bits per heavy atom. The van der Waals surface area contributed by atoms with E-state index < -0.39 is 0 Å². The molecule has 0 aliphatic heterocycles. The molecule has 0 radical (unpaired) electrons. The molecule has 0 saturated heterocycles. The summed E-state index contributed by atoms with van der Waals surface area (Å²) in [4.78, 5) is 15.4. The van der Waals surface area contributed by atoms with Crippen LogP contribution in [-0.2, 0) is 7.05 Å². The molecule has 5 nitrogen and oxygen atoms in total. The zero-order valence-corrected chi connectivity index (χ0v) is 11.1. The quantitative estimate of drug-likeness (QED) is 0.917. The van der Waals surface area contributed by atoms with Crippen LogP contribution in [0.1, 0.15) is 5.56 Å². The smallest absolute Gasteiger partial charge is 0.273 e. The third kappa shape index (κ3) is 2.19. The summed E-state index contributed by atoms with van der Waals surface area (Å²) in [5.74, 6) is 0. The molecule has 84 valence electrons. The van der Waals surface area contributed by atoms with E-state index in [0.717, 1.165) is 15.1 Å². The van der Waals surface area contributed by atoms with E-state index >= 15 is 0 Å². The van der Waals surface area contributed by atoms with Gasteiger partial charge in [0.15, 0.2) is 5.16 Å². The van der Waals surface area contributed by atoms with E-state index in [1.54, 1.807) is 13.2 Å². The fourth-order valence-electron chi connectivity index (χ4n) is 1.11. The number of aromatic nitrogens is 4. The van der Waals surface area contributed by atoms with Gasteiger partial charge in [-0.3, -0.25) is 4.57 Å². The van der Waals surface area contributed by atoms with Crippen molar-refractivity contribution in [3.05, 3.63) is 32.8 Å². The summed E-state index contributed by atoms with van der Waals surface area (Å²) in [6.07, 6.45) is 1.78. The number of aryl methyl sites for hydroxylation is 1. The lowest BCUT2D eigenvalue weighted by Gasteiger charge is -2.02. The Hall–Kier alpha value is -1.08. The topological polar surface area (TPSA) is 63.6 Å². The standard InChI is InChI=1S/C9H9BrN4OS/c1-5-3-6(10)7(11-4-5)16-9-13-12-8(15)14(9)2/h3-4H,1-2H3,(H,12,15). The predicted octanol–water partition coefficient (Wildman–Crippen LogP) is 1.73. The normalized spacial score (nSPS) is 10.7. The molecular formula is C9H9BrN4OS. The minimum atomic E-state index is -0.231. The Morgan fingerprint density at radius 2 is 2.31 bits per heavy atom. The molecule has 2 aromatic heterocycles. The molecule has 0 aliphatic carbocycles. The Labute approximate surface area is 104 Å². The van der Waals surface area contributed by atoms with Gasteiger partial charge in [0.2, 0.25) is 0 Å². The van der Waals surface area contributed by atoms with Crippen molar-refractivity contribution in [1.29, 1.82) is 0 Å². The number of H-pyrrole nitrogens is 1. The van der Waals surface area contributed by atoms with Crippen LogP contribution in [0.2, 0.25) is 0 Å². The molecule has 16 heavy (non-hydrogen) atoms. The van der Waals surface area contributed by atoms with E-state index in [1.165, 1.54) is 16.3 Å². The SMILES string of the molecule is Cc1cnc(Sc2n[nH]c(=O)n2C)c(Br)c1. The first-order valence-corrected chi connectivity index (χ1v) is 6.10. The zero-order valence-electron chi connectivity index (χ0n) is 8.69. The summed E-state index contributed by atoms with van der Waals surface area (Å²) in [5.41, 5.74) is 0.845. The minimum Gasteiger partial charge on any atom is -0.273 e. The fraction of sp³-hybridized carbons (Fsp3) is 0.222. The van der Waals surface area contributed by atoms with Gasteiger partial charge in [-0.15, -0.1) is 5.10 Å². The Bertz CT molecular complexity index is 577. The second-order valence-electron chi connectivity index (χ2n) is 3.27. The Balaban J connectivity index is 2.34. The summed E-state index contributed by atoms with van der Waals surface area (Å²) < 4.78 is 2.34. The zero-order chi connectivity index (χ0) is 11.7. The van der Waals surface area contributed by atoms with Gasteiger partial charge in [-0.25, -0.2) is 14.9 Å². The first-order chi connectivity index (χ1) is 7.58. The van der Waals surface area contributed by atoms with Gasteiger partial charge in [0, 0.05) is 13.2 Å². The first-order valence-electron chi connectivity index (χ1n) is 4.49. The summed E-state index contributed by atoms with van der Waals surface area (Å²) in [5, 5.41) is 7.65. The highest BCUT2D eigenvalue weighted by Crippen LogP contribution is 2.29. The third-order valence-electron chi connectivity index (χ3n) is 1.97. The number of halogens is 1. The third-order valence-corrected chi connectivity index (χ3v) is 3.90. The van der Waals surface area contributed by atoms with Crippen LogP contribution in [0.5, 0.6) is 0 Å². The van der Waals surface area contributed by atoms with Crippen molar-refractivity contribution in [2.24, 2.45) is 7.05 Å². The van der Waals surface area contributed by atoms with Gasteiger partial charge >= 0.3 is 5.69 Å². The molecule has 7 heteroatoms. The molecule has 0 fully saturated rings. The van der Waals surface area contributed by atoms with E-state index in [9.17, 15) is 4.79 Å². The lowest BCUT2D eigenvalue weighted by atomic mass is 10.3. The maximum atomic E-state index is 11.2. The van der Waals surface area contributed by atoms with Crippen LogP contribution >= 0.6 is 27.7 Å². The fourth-order valence-corrected chi connectivity index (χ4v) is 2.56. The summed E-state index contributed by atoms with van der Waals surface area (Å²) in [6.45, 7) is 1.97. The molecule has 2 rings (SSSR count). The van der Waals surface area contributed by atoms with E-state index in [4.69, 9.17) is 0 Å². The number of nitrogens with one attached hydrogen (secondary N) is 1. The number of nitrogens with zero attached hydrogens (tertiary/aromatic N) is 3. The van der Waals surface area contributed by atoms with Crippen LogP contribution in [0.4, 0.5) is 0 Å². The highest BCUT2D eigenvalue weighted by Gasteiger charge is 2.10. The second kappa shape index (κ2) is 4.42. The number of aromatic amines is 1. The molecule has 0 atom stereocenters. The van der Waals surface area contributed by atoms with Crippen molar-refractivity contribution in [2.75, 3.05) is 0 Å². The summed E-state index contributed by atoms with van der Waals surface area (Å²) in [6, 6.07) is 1.97. The van der Waals surface area contributed by atoms with Gasteiger partial charge < -0.3 is 0 Å². The number of hydrogen-bond donors (Lipinski definition) is 1. The number of pyridine rings is 1. The molecule has 0 aromatic carbocycles. The largest absolute Gasteiger partial charge is 0.343 e. The highest BCUT2D eigenvalue weighted by atomic mass is 79.9. The molecule has 0 amide bonds. The maximum Gasteiger partial charge on any atom is 0.343 e. The van der Waals surface area contributed by atoms with Gasteiger partial charge in [-0.1, -0.05) is 0 Å². The van der Waals surface area contributed by atoms with Gasteiger partial charge in [-0.2, -0.15) is 0 Å². The van der Waals surface area contributed by atoms with Crippen molar-refractivity contribution in [3.63, 3.8) is 0 Å². The summed E-state index contributed by atoms with van der Waals surface area (Å²) >= 11 is 4.76. The molecular weight excluding hydrogens is 292 g/mol. The minimum absolute atomic E-state index is 0.231. The summed E-state index contributed by atoms with van der Waals surface area (Å²) in [7, 11) is 1.66. The Kier molecular flexibility index (Phi) is 3.15. The van der Waals surface area contributed by atoms with Crippen molar-refractivity contribution >= 4 is 27.7 Å². The van der Waals surface area contributed by atoms with E-state index in [2.05, 4.69) is 31.1 Å². The van der Waals surface area contributed by atoms with Crippen molar-refractivity contribution in [2.45, 2.75) is 17.1 Å². The number of rotatable bonds is 2. The molecule has 2 heterocycles. The molecule has 2 aromatic rings. The first kappa shape index (κ1) is 11.4. The van der Waals surface area contributed by atoms with Crippen LogP contribution < -0.4 is 5.69 Å². The molecule has 0 bridgehead atoms. The van der Waals surface area contributed by atoms with Gasteiger partial charge in [-0.05, 0) is 46.2 Å². The van der Waals surface area contributed by atoms with Crippen molar-refractivity contribution in [3.8, 4) is 0 Å². The van der Waals surface area contributed by atoms with Crippen LogP contribution in [0.3, 0.4) is 0 Å². The molecule has 0 aliphatic rings. The van der Waals surface area contributed by atoms with Crippen molar-refractivity contribution < 1.29 is 0 Å². The molecule has 0 unspecified atom stereocenters. The van der Waals surface area contributed by atoms with Crippen molar-refractivity contribution in [1.82, 2.24) is 19.7 Å². The second-order valence-corrected chi connectivity index (χ2v) is 5.08. The molecule has 0 spiro atoms. The van der Waals surface area contributed by atoms with E-state index in [1.807, 2.05) is 13.0 Å². The molecule has 1 N–H and O–H groups in total. The van der Waals surface area contributed by atoms with Gasteiger partial charge in [0.25, 0.3) is 0 Å². The average Bonchev–Trinajstić information content (AvgIpc) is 2.54. The lowest BCUT2D eigenvalue weighted by Crippen LogP contribution is -2.12. The average molecular weight is 301 g/mol.